The molecule has 2 fully saturated rings. The first kappa shape index (κ1) is 19.3. The van der Waals surface area contributed by atoms with E-state index in [2.05, 4.69) is 5.32 Å². The van der Waals surface area contributed by atoms with Gasteiger partial charge in [-0.2, -0.15) is 0 Å². The van der Waals surface area contributed by atoms with Crippen molar-refractivity contribution < 1.29 is 18.4 Å². The maximum Gasteiger partial charge on any atom is 0.525 e. The SMILES string of the molecule is CC1(C)OB(C(F)=C2CC3(CCNCC3)Oc3ccc(Cl)cc32)OC1(C)C. The summed E-state index contributed by atoms with van der Waals surface area (Å²) in [7, 11) is -1.02. The molecule has 0 unspecified atom stereocenters. The lowest BCUT2D eigenvalue weighted by Gasteiger charge is -2.42. The Bertz CT molecular complexity index is 773. The molecular formula is C20H26BClFNO3. The van der Waals surface area contributed by atoms with Gasteiger partial charge in [-0.15, -0.1) is 0 Å². The van der Waals surface area contributed by atoms with Crippen LogP contribution < -0.4 is 10.1 Å². The monoisotopic (exact) mass is 393 g/mol. The zero-order chi connectivity index (χ0) is 19.4. The van der Waals surface area contributed by atoms with Crippen LogP contribution >= 0.6 is 11.6 Å². The number of ether oxygens (including phenoxy) is 1. The number of fused-ring (bicyclic) bond motifs is 1. The van der Waals surface area contributed by atoms with E-state index in [0.29, 0.717) is 28.3 Å². The molecule has 4 nitrogen and oxygen atoms in total. The summed E-state index contributed by atoms with van der Waals surface area (Å²) in [4.78, 5) is 0. The van der Waals surface area contributed by atoms with Crippen LogP contribution in [0.4, 0.5) is 4.39 Å². The zero-order valence-corrected chi connectivity index (χ0v) is 17.1. The lowest BCUT2D eigenvalue weighted by Crippen LogP contribution is -2.48. The number of hydrogen-bond acceptors (Lipinski definition) is 4. The summed E-state index contributed by atoms with van der Waals surface area (Å²) >= 11 is 6.20. The van der Waals surface area contributed by atoms with Gasteiger partial charge in [-0.05, 0) is 77.4 Å². The van der Waals surface area contributed by atoms with Gasteiger partial charge in [0.1, 0.15) is 17.1 Å². The number of halogens is 2. The van der Waals surface area contributed by atoms with Gasteiger partial charge in [-0.3, -0.25) is 0 Å². The Morgan fingerprint density at radius 1 is 1.11 bits per heavy atom. The van der Waals surface area contributed by atoms with E-state index in [1.165, 1.54) is 0 Å². The third-order valence-corrected chi connectivity index (χ3v) is 6.59. The van der Waals surface area contributed by atoms with Gasteiger partial charge in [-0.1, -0.05) is 11.6 Å². The minimum atomic E-state index is -1.02. The molecular weight excluding hydrogens is 367 g/mol. The van der Waals surface area contributed by atoms with E-state index in [1.807, 2.05) is 33.8 Å². The van der Waals surface area contributed by atoms with Gasteiger partial charge in [0.2, 0.25) is 0 Å². The number of nitrogens with one attached hydrogen (secondary N) is 1. The van der Waals surface area contributed by atoms with Gasteiger partial charge < -0.3 is 19.4 Å². The first-order valence-corrected chi connectivity index (χ1v) is 9.94. The highest BCUT2D eigenvalue weighted by Crippen LogP contribution is 2.48. The number of rotatable bonds is 1. The second-order valence-electron chi connectivity index (χ2n) is 8.77. The molecule has 4 rings (SSSR count). The van der Waals surface area contributed by atoms with Crippen LogP contribution in [-0.2, 0) is 9.31 Å². The minimum Gasteiger partial charge on any atom is -0.486 e. The molecule has 2 saturated heterocycles. The Morgan fingerprint density at radius 3 is 2.37 bits per heavy atom. The predicted octanol–water partition coefficient (Wildman–Crippen LogP) is 4.56. The molecule has 7 heteroatoms. The zero-order valence-electron chi connectivity index (χ0n) is 16.3. The van der Waals surface area contributed by atoms with Crippen LogP contribution in [0.15, 0.2) is 23.9 Å². The Balaban J connectivity index is 1.78. The van der Waals surface area contributed by atoms with Crippen molar-refractivity contribution in [3.8, 4) is 5.75 Å². The van der Waals surface area contributed by atoms with Crippen molar-refractivity contribution in [2.75, 3.05) is 13.1 Å². The topological polar surface area (TPSA) is 39.7 Å². The Labute approximate surface area is 165 Å². The highest BCUT2D eigenvalue weighted by Gasteiger charge is 2.54. The Morgan fingerprint density at radius 2 is 1.74 bits per heavy atom. The molecule has 0 saturated carbocycles. The predicted molar refractivity (Wildman–Crippen MR) is 106 cm³/mol. The molecule has 0 amide bonds. The molecule has 146 valence electrons. The van der Waals surface area contributed by atoms with Crippen molar-refractivity contribution in [2.45, 2.75) is 63.8 Å². The second-order valence-corrected chi connectivity index (χ2v) is 9.20. The van der Waals surface area contributed by atoms with Crippen molar-refractivity contribution >= 4 is 24.3 Å². The maximum atomic E-state index is 15.7. The van der Waals surface area contributed by atoms with Crippen molar-refractivity contribution in [2.24, 2.45) is 0 Å². The largest absolute Gasteiger partial charge is 0.525 e. The first-order chi connectivity index (χ1) is 12.6. The van der Waals surface area contributed by atoms with Crippen LogP contribution in [0.2, 0.25) is 5.02 Å². The Kier molecular flexibility index (Phi) is 4.62. The minimum absolute atomic E-state index is 0.377. The fourth-order valence-electron chi connectivity index (χ4n) is 3.98. The second kappa shape index (κ2) is 6.48. The van der Waals surface area contributed by atoms with Crippen LogP contribution in [0, 0.1) is 0 Å². The number of benzene rings is 1. The van der Waals surface area contributed by atoms with E-state index in [0.717, 1.165) is 25.9 Å². The van der Waals surface area contributed by atoms with Gasteiger partial charge in [0, 0.05) is 17.0 Å². The number of hydrogen-bond donors (Lipinski definition) is 1. The van der Waals surface area contributed by atoms with Gasteiger partial charge in [0.25, 0.3) is 0 Å². The van der Waals surface area contributed by atoms with Crippen molar-refractivity contribution in [3.05, 3.63) is 34.5 Å². The van der Waals surface area contributed by atoms with E-state index < -0.39 is 23.9 Å². The Hall–Kier alpha value is -1.08. The molecule has 1 aromatic rings. The molecule has 1 N–H and O–H groups in total. The lowest BCUT2D eigenvalue weighted by molar-refractivity contribution is 0.00578. The molecule has 0 aromatic heterocycles. The van der Waals surface area contributed by atoms with Crippen LogP contribution in [0.5, 0.6) is 5.75 Å². The third kappa shape index (κ3) is 3.31. The maximum absolute atomic E-state index is 15.7. The van der Waals surface area contributed by atoms with E-state index >= 15 is 4.39 Å². The molecule has 3 aliphatic rings. The molecule has 0 bridgehead atoms. The summed E-state index contributed by atoms with van der Waals surface area (Å²) in [6.07, 6.45) is 2.14. The van der Waals surface area contributed by atoms with Crippen molar-refractivity contribution in [3.63, 3.8) is 0 Å². The van der Waals surface area contributed by atoms with Gasteiger partial charge in [-0.25, -0.2) is 4.39 Å². The molecule has 3 aliphatic heterocycles. The van der Waals surface area contributed by atoms with Gasteiger partial charge >= 0.3 is 7.12 Å². The first-order valence-electron chi connectivity index (χ1n) is 9.56. The van der Waals surface area contributed by atoms with Crippen molar-refractivity contribution in [1.29, 1.82) is 0 Å². The molecule has 0 atom stereocenters. The smallest absolute Gasteiger partial charge is 0.486 e. The van der Waals surface area contributed by atoms with E-state index in [-0.39, 0.29) is 5.73 Å². The molecule has 27 heavy (non-hydrogen) atoms. The third-order valence-electron chi connectivity index (χ3n) is 6.36. The van der Waals surface area contributed by atoms with E-state index in [9.17, 15) is 0 Å². The summed E-state index contributed by atoms with van der Waals surface area (Å²) in [5.41, 5.74) is -0.687. The normalized spacial score (nSPS) is 27.3. The average molecular weight is 394 g/mol. The van der Waals surface area contributed by atoms with Gasteiger partial charge in [0.15, 0.2) is 0 Å². The van der Waals surface area contributed by atoms with Crippen LogP contribution in [0.25, 0.3) is 5.57 Å². The molecule has 3 heterocycles. The van der Waals surface area contributed by atoms with Crippen LogP contribution in [0.1, 0.15) is 52.5 Å². The molecule has 1 spiro atoms. The van der Waals surface area contributed by atoms with Crippen LogP contribution in [0.3, 0.4) is 0 Å². The average Bonchev–Trinajstić information content (AvgIpc) is 2.82. The van der Waals surface area contributed by atoms with Crippen LogP contribution in [-0.4, -0.2) is 37.0 Å². The summed E-state index contributed by atoms with van der Waals surface area (Å²) in [6, 6.07) is 5.38. The highest BCUT2D eigenvalue weighted by atomic mass is 35.5. The molecule has 0 aliphatic carbocycles. The summed E-state index contributed by atoms with van der Waals surface area (Å²) in [6.45, 7) is 9.41. The molecule has 1 aromatic carbocycles. The summed E-state index contributed by atoms with van der Waals surface area (Å²) in [5.74, 6) is 0.675. The van der Waals surface area contributed by atoms with E-state index in [1.54, 1.807) is 12.1 Å². The number of piperidine rings is 1. The van der Waals surface area contributed by atoms with E-state index in [4.69, 9.17) is 25.6 Å². The standard InChI is InChI=1S/C20H26BClFNO3/c1-18(2)19(3,4)27-21(26-18)17(23)15-12-20(7-9-24-10-8-20)25-16-6-5-13(22)11-14(15)16/h5-6,11,24H,7-10,12H2,1-4H3. The summed E-state index contributed by atoms with van der Waals surface area (Å²) < 4.78 is 34.0. The lowest BCUT2D eigenvalue weighted by atomic mass is 9.75. The quantitative estimate of drug-likeness (QED) is 0.710. The fourth-order valence-corrected chi connectivity index (χ4v) is 4.15. The summed E-state index contributed by atoms with van der Waals surface area (Å²) in [5, 5.41) is 3.90. The van der Waals surface area contributed by atoms with Gasteiger partial charge in [0.05, 0.1) is 11.2 Å². The van der Waals surface area contributed by atoms with Crippen molar-refractivity contribution in [1.82, 2.24) is 5.32 Å². The fraction of sp³-hybridized carbons (Fsp3) is 0.600. The molecule has 0 radical (unpaired) electrons. The highest BCUT2D eigenvalue weighted by molar-refractivity contribution is 6.55.